The molecular formula is C17H25N3O3. The number of benzene rings is 1. The number of ether oxygens (including phenoxy) is 1. The lowest BCUT2D eigenvalue weighted by Gasteiger charge is -2.35. The van der Waals surface area contributed by atoms with Crippen molar-refractivity contribution in [1.29, 1.82) is 0 Å². The zero-order chi connectivity index (χ0) is 17.3. The number of carbonyl (C=O) groups excluding carboxylic acids is 2. The summed E-state index contributed by atoms with van der Waals surface area (Å²) >= 11 is 0. The molecule has 0 bridgehead atoms. The Morgan fingerprint density at radius 3 is 2.57 bits per heavy atom. The number of amides is 2. The van der Waals surface area contributed by atoms with Gasteiger partial charge >= 0.3 is 6.09 Å². The highest BCUT2D eigenvalue weighted by atomic mass is 16.6. The van der Waals surface area contributed by atoms with Crippen molar-refractivity contribution in [3.8, 4) is 0 Å². The highest BCUT2D eigenvalue weighted by molar-refractivity contribution is 6.01. The Balaban J connectivity index is 2.17. The molecule has 1 heterocycles. The summed E-state index contributed by atoms with van der Waals surface area (Å²) in [5.74, 6) is -0.251. The van der Waals surface area contributed by atoms with Gasteiger partial charge in [0.25, 0.3) is 0 Å². The van der Waals surface area contributed by atoms with E-state index in [4.69, 9.17) is 10.5 Å². The number of carbonyl (C=O) groups is 2. The monoisotopic (exact) mass is 319 g/mol. The number of rotatable bonds is 2. The van der Waals surface area contributed by atoms with Crippen LogP contribution in [-0.4, -0.2) is 34.6 Å². The van der Waals surface area contributed by atoms with Crippen LogP contribution in [0.2, 0.25) is 0 Å². The van der Waals surface area contributed by atoms with Crippen LogP contribution >= 0.6 is 0 Å². The zero-order valence-electron chi connectivity index (χ0n) is 14.2. The molecule has 1 aromatic carbocycles. The number of nitrogen functional groups attached to an aromatic ring is 1. The molecule has 126 valence electrons. The first-order valence-corrected chi connectivity index (χ1v) is 7.80. The Kier molecular flexibility index (Phi) is 4.54. The molecule has 3 N–H and O–H groups in total. The van der Waals surface area contributed by atoms with Crippen molar-refractivity contribution < 1.29 is 14.3 Å². The first-order chi connectivity index (χ1) is 10.6. The molecule has 1 fully saturated rings. The molecular weight excluding hydrogens is 294 g/mol. The number of hydrogen-bond acceptors (Lipinski definition) is 4. The molecule has 2 rings (SSSR count). The van der Waals surface area contributed by atoms with Crippen LogP contribution in [0.1, 0.15) is 40.5 Å². The Labute approximate surface area is 137 Å². The van der Waals surface area contributed by atoms with E-state index in [0.717, 1.165) is 6.42 Å². The molecule has 0 spiro atoms. The van der Waals surface area contributed by atoms with Crippen molar-refractivity contribution in [1.82, 2.24) is 4.90 Å². The van der Waals surface area contributed by atoms with E-state index in [1.807, 2.05) is 20.8 Å². The third-order valence-electron chi connectivity index (χ3n) is 3.95. The van der Waals surface area contributed by atoms with E-state index >= 15 is 0 Å². The lowest BCUT2D eigenvalue weighted by Crippen LogP contribution is -2.54. The normalized spacial score (nSPS) is 21.1. The second kappa shape index (κ2) is 6.10. The van der Waals surface area contributed by atoms with E-state index in [0.29, 0.717) is 24.3 Å². The summed E-state index contributed by atoms with van der Waals surface area (Å²) in [5.41, 5.74) is 5.37. The number of nitrogens with two attached hydrogens (primary N) is 1. The van der Waals surface area contributed by atoms with E-state index in [2.05, 4.69) is 5.32 Å². The Morgan fingerprint density at radius 2 is 1.96 bits per heavy atom. The smallest absolute Gasteiger partial charge is 0.411 e. The highest BCUT2D eigenvalue weighted by Crippen LogP contribution is 2.32. The molecule has 0 radical (unpaired) electrons. The summed E-state index contributed by atoms with van der Waals surface area (Å²) in [6.45, 7) is 7.69. The topological polar surface area (TPSA) is 84.7 Å². The molecule has 1 aliphatic heterocycles. The second-order valence-electron chi connectivity index (χ2n) is 7.05. The number of para-hydroxylation sites is 2. The van der Waals surface area contributed by atoms with Gasteiger partial charge in [-0.1, -0.05) is 12.1 Å². The Bertz CT molecular complexity index is 609. The van der Waals surface area contributed by atoms with Gasteiger partial charge in [-0.3, -0.25) is 9.69 Å². The van der Waals surface area contributed by atoms with Crippen LogP contribution in [0.4, 0.5) is 16.2 Å². The number of nitrogens with zero attached hydrogens (tertiary/aromatic N) is 1. The number of likely N-dealkylation sites (tertiary alicyclic amines) is 1. The summed E-state index contributed by atoms with van der Waals surface area (Å²) < 4.78 is 5.42. The van der Waals surface area contributed by atoms with Gasteiger partial charge in [0.2, 0.25) is 5.91 Å². The van der Waals surface area contributed by atoms with Crippen LogP contribution in [0.15, 0.2) is 24.3 Å². The fourth-order valence-electron chi connectivity index (χ4n) is 2.68. The van der Waals surface area contributed by atoms with Crippen molar-refractivity contribution >= 4 is 23.4 Å². The average Bonchev–Trinajstić information content (AvgIpc) is 2.83. The molecule has 23 heavy (non-hydrogen) atoms. The summed E-state index contributed by atoms with van der Waals surface area (Å²) in [7, 11) is 0. The molecule has 1 saturated heterocycles. The molecule has 0 saturated carbocycles. The van der Waals surface area contributed by atoms with Crippen LogP contribution in [0.25, 0.3) is 0 Å². The molecule has 6 heteroatoms. The third-order valence-corrected chi connectivity index (χ3v) is 3.95. The third kappa shape index (κ3) is 3.75. The van der Waals surface area contributed by atoms with Crippen molar-refractivity contribution in [2.45, 2.75) is 51.7 Å². The molecule has 0 unspecified atom stereocenters. The fraction of sp³-hybridized carbons (Fsp3) is 0.529. The van der Waals surface area contributed by atoms with Crippen LogP contribution in [0.3, 0.4) is 0 Å². The maximum atomic E-state index is 12.8. The minimum atomic E-state index is -0.940. The molecule has 1 aromatic rings. The number of anilines is 2. The van der Waals surface area contributed by atoms with Crippen molar-refractivity contribution in [2.75, 3.05) is 17.6 Å². The lowest BCUT2D eigenvalue weighted by atomic mass is 9.97. The number of hydrogen-bond donors (Lipinski definition) is 2. The van der Waals surface area contributed by atoms with Gasteiger partial charge in [-0.2, -0.15) is 0 Å². The quantitative estimate of drug-likeness (QED) is 0.821. The van der Waals surface area contributed by atoms with Crippen molar-refractivity contribution in [2.24, 2.45) is 0 Å². The van der Waals surface area contributed by atoms with E-state index in [1.165, 1.54) is 4.90 Å². The maximum absolute atomic E-state index is 12.8. The minimum Gasteiger partial charge on any atom is -0.444 e. The molecule has 6 nitrogen and oxygen atoms in total. The maximum Gasteiger partial charge on any atom is 0.411 e. The van der Waals surface area contributed by atoms with E-state index in [-0.39, 0.29) is 5.91 Å². The van der Waals surface area contributed by atoms with E-state index in [1.54, 1.807) is 31.2 Å². The second-order valence-corrected chi connectivity index (χ2v) is 7.05. The van der Waals surface area contributed by atoms with Crippen molar-refractivity contribution in [3.63, 3.8) is 0 Å². The van der Waals surface area contributed by atoms with Crippen LogP contribution < -0.4 is 11.1 Å². The van der Waals surface area contributed by atoms with Gasteiger partial charge in [-0.15, -0.1) is 0 Å². The molecule has 0 aromatic heterocycles. The zero-order valence-corrected chi connectivity index (χ0v) is 14.2. The van der Waals surface area contributed by atoms with Crippen LogP contribution in [-0.2, 0) is 9.53 Å². The SMILES string of the molecule is CC(C)(C)OC(=O)N1CCC[C@@]1(C)C(=O)Nc1ccccc1N. The van der Waals surface area contributed by atoms with Gasteiger partial charge < -0.3 is 15.8 Å². The van der Waals surface area contributed by atoms with Crippen molar-refractivity contribution in [3.05, 3.63) is 24.3 Å². The fourth-order valence-corrected chi connectivity index (χ4v) is 2.68. The predicted octanol–water partition coefficient (Wildman–Crippen LogP) is 3.00. The average molecular weight is 319 g/mol. The summed E-state index contributed by atoms with van der Waals surface area (Å²) in [5, 5.41) is 2.83. The van der Waals surface area contributed by atoms with Gasteiger partial charge in [0.05, 0.1) is 11.4 Å². The highest BCUT2D eigenvalue weighted by Gasteiger charge is 2.47. The van der Waals surface area contributed by atoms with E-state index in [9.17, 15) is 9.59 Å². The van der Waals surface area contributed by atoms with Gasteiger partial charge in [0.15, 0.2) is 0 Å². The van der Waals surface area contributed by atoms with Gasteiger partial charge in [-0.25, -0.2) is 4.79 Å². The molecule has 2 amide bonds. The summed E-state index contributed by atoms with van der Waals surface area (Å²) in [4.78, 5) is 26.7. The minimum absolute atomic E-state index is 0.251. The summed E-state index contributed by atoms with van der Waals surface area (Å²) in [6, 6.07) is 7.06. The van der Waals surface area contributed by atoms with Crippen LogP contribution in [0.5, 0.6) is 0 Å². The Morgan fingerprint density at radius 1 is 1.30 bits per heavy atom. The van der Waals surface area contributed by atoms with Gasteiger partial charge in [0, 0.05) is 6.54 Å². The molecule has 1 aliphatic rings. The standard InChI is InChI=1S/C17H25N3O3/c1-16(2,3)23-15(22)20-11-7-10-17(20,4)14(21)19-13-9-6-5-8-12(13)18/h5-6,8-9H,7,10-11,18H2,1-4H3,(H,19,21)/t17-/m0/s1. The molecule has 0 aliphatic carbocycles. The first kappa shape index (κ1) is 17.1. The first-order valence-electron chi connectivity index (χ1n) is 7.80. The molecule has 1 atom stereocenters. The lowest BCUT2D eigenvalue weighted by molar-refractivity contribution is -0.125. The predicted molar refractivity (Wildman–Crippen MR) is 90.1 cm³/mol. The van der Waals surface area contributed by atoms with Crippen LogP contribution in [0, 0.1) is 0 Å². The van der Waals surface area contributed by atoms with Gasteiger partial charge in [0.1, 0.15) is 11.1 Å². The Hall–Kier alpha value is -2.24. The summed E-state index contributed by atoms with van der Waals surface area (Å²) in [6.07, 6.45) is 0.881. The van der Waals surface area contributed by atoms with Gasteiger partial charge in [-0.05, 0) is 52.7 Å². The largest absolute Gasteiger partial charge is 0.444 e. The number of nitrogens with one attached hydrogen (secondary N) is 1. The van der Waals surface area contributed by atoms with E-state index < -0.39 is 17.2 Å².